The zero-order valence-corrected chi connectivity index (χ0v) is 15.7. The summed E-state index contributed by atoms with van der Waals surface area (Å²) < 4.78 is 12.7. The van der Waals surface area contributed by atoms with Gasteiger partial charge in [-0.1, -0.05) is 23.7 Å². The molecule has 4 rings (SSSR count). The second kappa shape index (κ2) is 7.90. The summed E-state index contributed by atoms with van der Waals surface area (Å²) in [5.74, 6) is 0.816. The molecule has 0 atom stereocenters. The number of hydrogen-bond donors (Lipinski definition) is 1. The number of hydrogen-bond acceptors (Lipinski definition) is 5. The van der Waals surface area contributed by atoms with Crippen LogP contribution < -0.4 is 20.3 Å². The number of rotatable bonds is 4. The third kappa shape index (κ3) is 3.80. The topological polar surface area (TPSA) is 82.5 Å². The van der Waals surface area contributed by atoms with E-state index in [2.05, 4.69) is 10.3 Å². The van der Waals surface area contributed by atoms with Gasteiger partial charge in [0, 0.05) is 13.0 Å². The highest BCUT2D eigenvalue weighted by atomic mass is 35.5. The number of para-hydroxylation sites is 2. The molecule has 0 saturated heterocycles. The molecule has 1 aromatic heterocycles. The van der Waals surface area contributed by atoms with Crippen molar-refractivity contribution in [1.82, 2.24) is 14.9 Å². The fourth-order valence-electron chi connectivity index (χ4n) is 3.06. The number of amides is 1. The molecule has 1 aliphatic heterocycles. The molecule has 2 heterocycles. The van der Waals surface area contributed by atoms with E-state index in [1.165, 1.54) is 10.8 Å². The van der Waals surface area contributed by atoms with Gasteiger partial charge in [-0.25, -0.2) is 4.98 Å². The maximum Gasteiger partial charge on any atom is 0.269 e. The smallest absolute Gasteiger partial charge is 0.269 e. The van der Waals surface area contributed by atoms with E-state index >= 15 is 0 Å². The van der Waals surface area contributed by atoms with E-state index < -0.39 is 0 Å². The number of aromatic nitrogens is 2. The summed E-state index contributed by atoms with van der Waals surface area (Å²) in [7, 11) is 0. The molecule has 2 aromatic carbocycles. The van der Waals surface area contributed by atoms with Gasteiger partial charge in [0.1, 0.15) is 6.54 Å². The van der Waals surface area contributed by atoms with Gasteiger partial charge >= 0.3 is 0 Å². The maximum atomic E-state index is 12.4. The van der Waals surface area contributed by atoms with Gasteiger partial charge in [0.25, 0.3) is 5.56 Å². The lowest BCUT2D eigenvalue weighted by Gasteiger charge is -2.13. The lowest BCUT2D eigenvalue weighted by Crippen LogP contribution is -2.32. The van der Waals surface area contributed by atoms with Gasteiger partial charge < -0.3 is 14.8 Å². The van der Waals surface area contributed by atoms with Crippen LogP contribution >= 0.6 is 11.6 Å². The highest BCUT2D eigenvalue weighted by molar-refractivity contribution is 6.32. The molecule has 0 spiro atoms. The summed E-state index contributed by atoms with van der Waals surface area (Å²) in [5, 5.41) is 3.26. The molecule has 0 radical (unpaired) electrons. The Morgan fingerprint density at radius 1 is 1.21 bits per heavy atom. The normalized spacial score (nSPS) is 13.2. The van der Waals surface area contributed by atoms with Gasteiger partial charge in [0.15, 0.2) is 11.5 Å². The van der Waals surface area contributed by atoms with Crippen molar-refractivity contribution in [3.05, 3.63) is 63.5 Å². The molecule has 0 saturated carbocycles. The minimum absolute atomic E-state index is 0.0971. The fourth-order valence-corrected chi connectivity index (χ4v) is 3.35. The van der Waals surface area contributed by atoms with Crippen molar-refractivity contribution in [2.45, 2.75) is 19.5 Å². The molecule has 0 aliphatic carbocycles. The zero-order valence-electron chi connectivity index (χ0n) is 15.0. The van der Waals surface area contributed by atoms with Crippen molar-refractivity contribution >= 4 is 28.5 Å². The molecular formula is C20H18ClN3O4. The van der Waals surface area contributed by atoms with Gasteiger partial charge in [-0.15, -0.1) is 0 Å². The van der Waals surface area contributed by atoms with Crippen molar-refractivity contribution in [2.24, 2.45) is 0 Å². The highest BCUT2D eigenvalue weighted by Gasteiger charge is 2.16. The summed E-state index contributed by atoms with van der Waals surface area (Å²) in [5.41, 5.74) is 1.73. The van der Waals surface area contributed by atoms with Crippen LogP contribution in [0.1, 0.15) is 12.0 Å². The molecule has 8 heteroatoms. The zero-order chi connectivity index (χ0) is 19.5. The average molecular weight is 400 g/mol. The van der Waals surface area contributed by atoms with Gasteiger partial charge in [0.05, 0.1) is 35.5 Å². The Balaban J connectivity index is 1.49. The summed E-state index contributed by atoms with van der Waals surface area (Å²) in [6, 6.07) is 10.7. The van der Waals surface area contributed by atoms with Crippen molar-refractivity contribution in [2.75, 3.05) is 13.2 Å². The van der Waals surface area contributed by atoms with Crippen molar-refractivity contribution in [3.63, 3.8) is 0 Å². The first kappa shape index (κ1) is 18.3. The van der Waals surface area contributed by atoms with Crippen molar-refractivity contribution in [1.29, 1.82) is 0 Å². The monoisotopic (exact) mass is 399 g/mol. The molecule has 0 bridgehead atoms. The van der Waals surface area contributed by atoms with E-state index in [-0.39, 0.29) is 24.6 Å². The molecule has 0 unspecified atom stereocenters. The van der Waals surface area contributed by atoms with Gasteiger partial charge in [-0.2, -0.15) is 0 Å². The maximum absolute atomic E-state index is 12.4. The Kier molecular flexibility index (Phi) is 5.16. The standard InChI is InChI=1S/C20H18ClN3O4/c21-14-8-13(9-17-20(14)28-7-3-6-27-17)10-23-18(25)12-24-16-5-2-1-4-15(16)22-11-19(24)26/h1-2,4-5,8-9,11H,3,6-7,10,12H2,(H,23,25). The summed E-state index contributed by atoms with van der Waals surface area (Å²) in [6.45, 7) is 1.27. The van der Waals surface area contributed by atoms with Crippen LogP contribution in [0.25, 0.3) is 11.0 Å². The van der Waals surface area contributed by atoms with Crippen LogP contribution in [0.2, 0.25) is 5.02 Å². The summed E-state index contributed by atoms with van der Waals surface area (Å²) in [6.07, 6.45) is 2.00. The lowest BCUT2D eigenvalue weighted by molar-refractivity contribution is -0.121. The number of benzene rings is 2. The molecule has 3 aromatic rings. The van der Waals surface area contributed by atoms with Crippen LogP contribution in [0, 0.1) is 0 Å². The van der Waals surface area contributed by atoms with Crippen molar-refractivity contribution in [3.8, 4) is 11.5 Å². The SMILES string of the molecule is O=C(Cn1c(=O)cnc2ccccc21)NCc1cc(Cl)c2c(c1)OCCCO2. The predicted molar refractivity (Wildman–Crippen MR) is 105 cm³/mol. The first-order valence-corrected chi connectivity index (χ1v) is 9.29. The first-order chi connectivity index (χ1) is 13.6. The van der Waals surface area contributed by atoms with Gasteiger partial charge in [0.2, 0.25) is 5.91 Å². The Bertz CT molecular complexity index is 1100. The highest BCUT2D eigenvalue weighted by Crippen LogP contribution is 2.37. The third-order valence-electron chi connectivity index (χ3n) is 4.41. The number of nitrogens with one attached hydrogen (secondary N) is 1. The predicted octanol–water partition coefficient (Wildman–Crippen LogP) is 2.53. The van der Waals surface area contributed by atoms with Crippen LogP contribution in [0.3, 0.4) is 0 Å². The van der Waals surface area contributed by atoms with Crippen LogP contribution in [0.15, 0.2) is 47.4 Å². The van der Waals surface area contributed by atoms with E-state index in [0.717, 1.165) is 12.0 Å². The fraction of sp³-hybridized carbons (Fsp3) is 0.250. The van der Waals surface area contributed by atoms with Crippen LogP contribution in [-0.4, -0.2) is 28.7 Å². The molecule has 1 N–H and O–H groups in total. The molecule has 1 aliphatic rings. The third-order valence-corrected chi connectivity index (χ3v) is 4.69. The largest absolute Gasteiger partial charge is 0.489 e. The molecule has 7 nitrogen and oxygen atoms in total. The Morgan fingerprint density at radius 2 is 2.04 bits per heavy atom. The second-order valence-electron chi connectivity index (χ2n) is 6.40. The minimum atomic E-state index is -0.326. The number of halogens is 1. The molecule has 1 amide bonds. The lowest BCUT2D eigenvalue weighted by atomic mass is 10.2. The molecule has 0 fully saturated rings. The molecule has 28 heavy (non-hydrogen) atoms. The Hall–Kier alpha value is -3.06. The second-order valence-corrected chi connectivity index (χ2v) is 6.81. The van der Waals surface area contributed by atoms with E-state index in [1.807, 2.05) is 6.07 Å². The molecule has 144 valence electrons. The number of carbonyl (C=O) groups is 1. The number of carbonyl (C=O) groups excluding carboxylic acids is 1. The molecular weight excluding hydrogens is 382 g/mol. The van der Waals surface area contributed by atoms with E-state index in [1.54, 1.807) is 30.3 Å². The van der Waals surface area contributed by atoms with E-state index in [0.29, 0.717) is 40.8 Å². The number of ether oxygens (including phenoxy) is 2. The van der Waals surface area contributed by atoms with Crippen LogP contribution in [-0.2, 0) is 17.9 Å². The minimum Gasteiger partial charge on any atom is -0.489 e. The van der Waals surface area contributed by atoms with Crippen LogP contribution in [0.4, 0.5) is 0 Å². The summed E-state index contributed by atoms with van der Waals surface area (Å²) in [4.78, 5) is 28.7. The summed E-state index contributed by atoms with van der Waals surface area (Å²) >= 11 is 6.28. The Labute approximate surface area is 165 Å². The van der Waals surface area contributed by atoms with Crippen LogP contribution in [0.5, 0.6) is 11.5 Å². The number of fused-ring (bicyclic) bond motifs is 2. The quantitative estimate of drug-likeness (QED) is 0.729. The van der Waals surface area contributed by atoms with E-state index in [9.17, 15) is 9.59 Å². The van der Waals surface area contributed by atoms with Gasteiger partial charge in [-0.3, -0.25) is 14.2 Å². The van der Waals surface area contributed by atoms with Gasteiger partial charge in [-0.05, 0) is 29.8 Å². The van der Waals surface area contributed by atoms with E-state index in [4.69, 9.17) is 21.1 Å². The average Bonchev–Trinajstić information content (AvgIpc) is 2.94. The van der Waals surface area contributed by atoms with Crippen molar-refractivity contribution < 1.29 is 14.3 Å². The first-order valence-electron chi connectivity index (χ1n) is 8.91. The Morgan fingerprint density at radius 3 is 2.93 bits per heavy atom. The number of nitrogens with zero attached hydrogens (tertiary/aromatic N) is 2.